The number of nitrogens with zero attached hydrogens (tertiary/aromatic N) is 1. The van der Waals surface area contributed by atoms with Crippen LogP contribution in [-0.2, 0) is 11.4 Å². The summed E-state index contributed by atoms with van der Waals surface area (Å²) in [5.41, 5.74) is 3.14. The minimum absolute atomic E-state index is 0.103. The predicted octanol–water partition coefficient (Wildman–Crippen LogP) is 4.97. The number of carbonyl (C=O) groups excluding carboxylic acids is 1. The average molecular weight is 412 g/mol. The molecule has 28 heavy (non-hydrogen) atoms. The highest BCUT2D eigenvalue weighted by Crippen LogP contribution is 2.34. The first-order chi connectivity index (χ1) is 13.5. The fourth-order valence-electron chi connectivity index (χ4n) is 2.68. The molecule has 0 bridgehead atoms. The number of ether oxygens (including phenoxy) is 2. The zero-order chi connectivity index (χ0) is 20.1. The molecule has 1 amide bonds. The summed E-state index contributed by atoms with van der Waals surface area (Å²) in [5.74, 6) is 1.16. The van der Waals surface area contributed by atoms with Crippen LogP contribution in [0.25, 0.3) is 6.08 Å². The highest BCUT2D eigenvalue weighted by molar-refractivity contribution is 8.26. The van der Waals surface area contributed by atoms with Crippen LogP contribution in [0.15, 0.2) is 60.0 Å². The van der Waals surface area contributed by atoms with Crippen molar-refractivity contribution in [2.24, 2.45) is 0 Å². The lowest BCUT2D eigenvalue weighted by Crippen LogP contribution is -2.27. The average Bonchev–Trinajstić information content (AvgIpc) is 2.96. The molecule has 0 saturated carbocycles. The molecule has 1 fully saturated rings. The van der Waals surface area contributed by atoms with Crippen LogP contribution in [-0.4, -0.2) is 28.8 Å². The Balaban J connectivity index is 1.76. The molecule has 0 atom stereocenters. The van der Waals surface area contributed by atoms with E-state index in [1.54, 1.807) is 13.2 Å². The molecule has 2 aromatic rings. The van der Waals surface area contributed by atoms with E-state index in [9.17, 15) is 4.79 Å². The van der Waals surface area contributed by atoms with Crippen molar-refractivity contribution in [3.8, 4) is 11.5 Å². The molecule has 1 aliphatic rings. The molecule has 3 rings (SSSR count). The third-order valence-corrected chi connectivity index (χ3v) is 5.56. The van der Waals surface area contributed by atoms with E-state index in [1.807, 2.05) is 36.4 Å². The Morgan fingerprint density at radius 2 is 1.93 bits per heavy atom. The highest BCUT2D eigenvalue weighted by atomic mass is 32.2. The summed E-state index contributed by atoms with van der Waals surface area (Å²) in [6.07, 6.45) is 3.48. The van der Waals surface area contributed by atoms with E-state index in [2.05, 4.69) is 25.6 Å². The van der Waals surface area contributed by atoms with Crippen molar-refractivity contribution in [3.63, 3.8) is 0 Å². The number of benzene rings is 2. The number of thioether (sulfide) groups is 1. The van der Waals surface area contributed by atoms with E-state index in [0.29, 0.717) is 33.9 Å². The number of amides is 1. The summed E-state index contributed by atoms with van der Waals surface area (Å²) in [5, 5.41) is 0. The first-order valence-corrected chi connectivity index (χ1v) is 9.97. The van der Waals surface area contributed by atoms with Gasteiger partial charge in [-0.15, -0.1) is 6.58 Å². The van der Waals surface area contributed by atoms with Crippen LogP contribution in [0, 0.1) is 6.92 Å². The molecule has 0 N–H and O–H groups in total. The van der Waals surface area contributed by atoms with E-state index < -0.39 is 0 Å². The minimum Gasteiger partial charge on any atom is -0.493 e. The fraction of sp³-hybridized carbons (Fsp3) is 0.182. The quantitative estimate of drug-likeness (QED) is 0.365. The number of hydrogen-bond acceptors (Lipinski definition) is 5. The molecule has 0 unspecified atom stereocenters. The Morgan fingerprint density at radius 3 is 2.61 bits per heavy atom. The number of aryl methyl sites for hydroxylation is 1. The summed E-state index contributed by atoms with van der Waals surface area (Å²) >= 11 is 6.56. The molecular formula is C22H21NO3S2. The molecule has 0 aromatic heterocycles. The number of thiocarbonyl (C=S) groups is 1. The summed E-state index contributed by atoms with van der Waals surface area (Å²) in [7, 11) is 1.60. The van der Waals surface area contributed by atoms with Gasteiger partial charge in [0.2, 0.25) is 0 Å². The van der Waals surface area contributed by atoms with Crippen molar-refractivity contribution in [3.05, 3.63) is 76.7 Å². The van der Waals surface area contributed by atoms with Gasteiger partial charge < -0.3 is 9.47 Å². The van der Waals surface area contributed by atoms with Crippen LogP contribution >= 0.6 is 24.0 Å². The lowest BCUT2D eigenvalue weighted by atomic mass is 10.1. The monoisotopic (exact) mass is 411 g/mol. The second-order valence-electron chi connectivity index (χ2n) is 6.27. The van der Waals surface area contributed by atoms with Gasteiger partial charge in [-0.2, -0.15) is 0 Å². The second kappa shape index (κ2) is 9.08. The molecule has 6 heteroatoms. The van der Waals surface area contributed by atoms with Gasteiger partial charge >= 0.3 is 0 Å². The first kappa shape index (κ1) is 20.2. The maximum absolute atomic E-state index is 12.5. The highest BCUT2D eigenvalue weighted by Gasteiger charge is 2.30. The Morgan fingerprint density at radius 1 is 1.18 bits per heavy atom. The van der Waals surface area contributed by atoms with Crippen molar-refractivity contribution in [1.29, 1.82) is 0 Å². The van der Waals surface area contributed by atoms with Crippen molar-refractivity contribution >= 4 is 40.3 Å². The molecule has 4 nitrogen and oxygen atoms in total. The van der Waals surface area contributed by atoms with Gasteiger partial charge in [0.1, 0.15) is 10.9 Å². The Labute approximate surface area is 174 Å². The van der Waals surface area contributed by atoms with E-state index in [-0.39, 0.29) is 5.91 Å². The maximum Gasteiger partial charge on any atom is 0.266 e. The number of carbonyl (C=O) groups is 1. The molecular weight excluding hydrogens is 390 g/mol. The molecule has 1 saturated heterocycles. The van der Waals surface area contributed by atoms with Crippen molar-refractivity contribution in [2.45, 2.75) is 13.5 Å². The summed E-state index contributed by atoms with van der Waals surface area (Å²) in [6.45, 7) is 6.59. The summed E-state index contributed by atoms with van der Waals surface area (Å²) in [4.78, 5) is 14.6. The fourth-order valence-corrected chi connectivity index (χ4v) is 3.95. The van der Waals surface area contributed by atoms with Crippen molar-refractivity contribution in [1.82, 2.24) is 4.90 Å². The smallest absolute Gasteiger partial charge is 0.266 e. The van der Waals surface area contributed by atoms with Gasteiger partial charge in [-0.1, -0.05) is 66.0 Å². The maximum atomic E-state index is 12.5. The van der Waals surface area contributed by atoms with E-state index in [4.69, 9.17) is 21.7 Å². The van der Waals surface area contributed by atoms with Crippen LogP contribution in [0.4, 0.5) is 0 Å². The number of rotatable bonds is 7. The van der Waals surface area contributed by atoms with Crippen LogP contribution in [0.3, 0.4) is 0 Å². The van der Waals surface area contributed by atoms with Gasteiger partial charge in [-0.3, -0.25) is 9.69 Å². The normalized spacial score (nSPS) is 15.2. The predicted molar refractivity (Wildman–Crippen MR) is 119 cm³/mol. The number of methoxy groups -OCH3 is 1. The van der Waals surface area contributed by atoms with Gasteiger partial charge in [0.25, 0.3) is 5.91 Å². The third kappa shape index (κ3) is 4.64. The Hall–Kier alpha value is -2.57. The molecule has 1 heterocycles. The lowest BCUT2D eigenvalue weighted by molar-refractivity contribution is -0.121. The van der Waals surface area contributed by atoms with Crippen LogP contribution < -0.4 is 9.47 Å². The SMILES string of the molecule is C=CCN1C(=O)C(=Cc2ccc(OCc3ccc(C)cc3)c(OC)c2)SC1=S. The van der Waals surface area contributed by atoms with E-state index in [0.717, 1.165) is 11.1 Å². The van der Waals surface area contributed by atoms with Crippen molar-refractivity contribution < 1.29 is 14.3 Å². The lowest BCUT2D eigenvalue weighted by Gasteiger charge is -2.12. The molecule has 2 aromatic carbocycles. The van der Waals surface area contributed by atoms with E-state index in [1.165, 1.54) is 22.2 Å². The molecule has 0 aliphatic carbocycles. The van der Waals surface area contributed by atoms with E-state index >= 15 is 0 Å². The minimum atomic E-state index is -0.103. The zero-order valence-electron chi connectivity index (χ0n) is 15.8. The second-order valence-corrected chi connectivity index (χ2v) is 7.94. The third-order valence-electron chi connectivity index (χ3n) is 4.19. The Bertz CT molecular complexity index is 935. The van der Waals surface area contributed by atoms with Gasteiger partial charge in [0.05, 0.1) is 12.0 Å². The van der Waals surface area contributed by atoms with Gasteiger partial charge in [0, 0.05) is 6.54 Å². The molecule has 0 radical (unpaired) electrons. The molecule has 0 spiro atoms. The van der Waals surface area contributed by atoms with Gasteiger partial charge in [0.15, 0.2) is 11.5 Å². The van der Waals surface area contributed by atoms with Gasteiger partial charge in [-0.05, 0) is 36.3 Å². The topological polar surface area (TPSA) is 38.8 Å². The first-order valence-electron chi connectivity index (χ1n) is 8.74. The standard InChI is InChI=1S/C22H21NO3S2/c1-4-11-23-21(24)20(28-22(23)27)13-17-9-10-18(19(12-17)25-3)26-14-16-7-5-15(2)6-8-16/h4-10,12-13H,1,11,14H2,2-3H3. The summed E-state index contributed by atoms with van der Waals surface area (Å²) in [6, 6.07) is 13.8. The molecule has 144 valence electrons. The van der Waals surface area contributed by atoms with Gasteiger partial charge in [-0.25, -0.2) is 0 Å². The Kier molecular flexibility index (Phi) is 6.54. The summed E-state index contributed by atoms with van der Waals surface area (Å²) < 4.78 is 11.9. The van der Waals surface area contributed by atoms with Crippen LogP contribution in [0.2, 0.25) is 0 Å². The molecule has 1 aliphatic heterocycles. The van der Waals surface area contributed by atoms with Crippen LogP contribution in [0.1, 0.15) is 16.7 Å². The number of hydrogen-bond donors (Lipinski definition) is 0. The van der Waals surface area contributed by atoms with Crippen molar-refractivity contribution in [2.75, 3.05) is 13.7 Å². The van der Waals surface area contributed by atoms with Crippen LogP contribution in [0.5, 0.6) is 11.5 Å². The largest absolute Gasteiger partial charge is 0.493 e. The zero-order valence-corrected chi connectivity index (χ0v) is 17.4.